The number of hydrogen-bond acceptors (Lipinski definition) is 2. The van der Waals surface area contributed by atoms with Gasteiger partial charge in [-0.1, -0.05) is 35.9 Å². The maximum absolute atomic E-state index is 10.5. The molecule has 0 bridgehead atoms. The Hall–Kier alpha value is -1.17. The fourth-order valence-electron chi connectivity index (χ4n) is 2.38. The highest BCUT2D eigenvalue weighted by atomic mass is 127. The first kappa shape index (κ1) is 14.8. The molecule has 0 aliphatic heterocycles. The minimum atomic E-state index is -0.578. The molecule has 2 nitrogen and oxygen atoms in total. The highest BCUT2D eigenvalue weighted by molar-refractivity contribution is 14.1. The van der Waals surface area contributed by atoms with Gasteiger partial charge in [-0.15, -0.1) is 0 Å². The molecular formula is C17H13ClINO. The van der Waals surface area contributed by atoms with Gasteiger partial charge < -0.3 is 5.11 Å². The minimum absolute atomic E-state index is 0.542. The Kier molecular flexibility index (Phi) is 4.42. The molecule has 4 heteroatoms. The first-order chi connectivity index (χ1) is 10.1. The van der Waals surface area contributed by atoms with E-state index in [9.17, 15) is 5.11 Å². The molecule has 0 radical (unpaired) electrons. The summed E-state index contributed by atoms with van der Waals surface area (Å²) >= 11 is 8.31. The van der Waals surface area contributed by atoms with Gasteiger partial charge in [0.15, 0.2) is 0 Å². The number of aliphatic hydroxyl groups is 1. The van der Waals surface area contributed by atoms with Gasteiger partial charge in [0.25, 0.3) is 0 Å². The van der Waals surface area contributed by atoms with Crippen LogP contribution in [0.3, 0.4) is 0 Å². The van der Waals surface area contributed by atoms with E-state index in [0.717, 1.165) is 25.6 Å². The summed E-state index contributed by atoms with van der Waals surface area (Å²) in [5.74, 6) is 0. The van der Waals surface area contributed by atoms with Gasteiger partial charge >= 0.3 is 0 Å². The van der Waals surface area contributed by atoms with Gasteiger partial charge in [-0.05, 0) is 58.0 Å². The molecule has 0 aliphatic rings. The third-order valence-corrected chi connectivity index (χ3v) is 5.05. The number of nitrogens with zero attached hydrogens (tertiary/aromatic N) is 1. The third-order valence-electron chi connectivity index (χ3n) is 3.48. The third kappa shape index (κ3) is 3.20. The summed E-state index contributed by atoms with van der Waals surface area (Å²) in [6.07, 6.45) is 1.75. The Balaban J connectivity index is 1.92. The monoisotopic (exact) mass is 409 g/mol. The molecule has 1 N–H and O–H groups in total. The van der Waals surface area contributed by atoms with Crippen LogP contribution in [0.5, 0.6) is 0 Å². The van der Waals surface area contributed by atoms with Crippen LogP contribution in [0.25, 0.3) is 10.9 Å². The van der Waals surface area contributed by atoms with Crippen molar-refractivity contribution in [2.75, 3.05) is 0 Å². The predicted octanol–water partition coefficient (Wildman–Crippen LogP) is 4.77. The van der Waals surface area contributed by atoms with Crippen LogP contribution < -0.4 is 0 Å². The highest BCUT2D eigenvalue weighted by Gasteiger charge is 2.12. The normalized spacial score (nSPS) is 12.5. The molecule has 21 heavy (non-hydrogen) atoms. The van der Waals surface area contributed by atoms with Crippen LogP contribution in [0.1, 0.15) is 17.2 Å². The lowest BCUT2D eigenvalue weighted by molar-refractivity contribution is 0.179. The van der Waals surface area contributed by atoms with Crippen molar-refractivity contribution in [1.82, 2.24) is 4.98 Å². The van der Waals surface area contributed by atoms with Gasteiger partial charge in [0, 0.05) is 21.6 Å². The molecule has 1 heterocycles. The molecule has 3 rings (SSSR count). The van der Waals surface area contributed by atoms with Gasteiger partial charge in [0.2, 0.25) is 0 Å². The number of benzene rings is 2. The van der Waals surface area contributed by atoms with E-state index >= 15 is 0 Å². The molecule has 0 fully saturated rings. The molecule has 1 atom stereocenters. The minimum Gasteiger partial charge on any atom is -0.388 e. The second-order valence-electron chi connectivity index (χ2n) is 4.88. The van der Waals surface area contributed by atoms with Gasteiger partial charge in [-0.2, -0.15) is 0 Å². The van der Waals surface area contributed by atoms with Crippen LogP contribution in [-0.4, -0.2) is 10.1 Å². The highest BCUT2D eigenvalue weighted by Crippen LogP contribution is 2.27. The van der Waals surface area contributed by atoms with E-state index in [0.29, 0.717) is 11.4 Å². The molecule has 3 aromatic rings. The lowest BCUT2D eigenvalue weighted by Gasteiger charge is -2.13. The summed E-state index contributed by atoms with van der Waals surface area (Å²) in [6.45, 7) is 0. The summed E-state index contributed by atoms with van der Waals surface area (Å²) in [4.78, 5) is 4.34. The molecular weight excluding hydrogens is 397 g/mol. The molecule has 1 aromatic heterocycles. The van der Waals surface area contributed by atoms with E-state index in [2.05, 4.69) is 27.6 Å². The second-order valence-corrected chi connectivity index (χ2v) is 6.45. The Morgan fingerprint density at radius 3 is 2.76 bits per heavy atom. The van der Waals surface area contributed by atoms with Gasteiger partial charge in [0.1, 0.15) is 0 Å². The lowest BCUT2D eigenvalue weighted by Crippen LogP contribution is -2.03. The van der Waals surface area contributed by atoms with Crippen LogP contribution in [0, 0.1) is 3.57 Å². The van der Waals surface area contributed by atoms with Crippen molar-refractivity contribution in [3.05, 3.63) is 74.4 Å². The quantitative estimate of drug-likeness (QED) is 0.632. The zero-order chi connectivity index (χ0) is 14.8. The molecule has 0 aliphatic carbocycles. The Labute approximate surface area is 141 Å². The van der Waals surface area contributed by atoms with Crippen LogP contribution in [0.15, 0.2) is 54.7 Å². The van der Waals surface area contributed by atoms with E-state index in [1.165, 1.54) is 0 Å². The Bertz CT molecular complexity index is 785. The van der Waals surface area contributed by atoms with Crippen molar-refractivity contribution in [3.8, 4) is 0 Å². The molecule has 106 valence electrons. The van der Waals surface area contributed by atoms with Gasteiger partial charge in [0.05, 0.1) is 16.6 Å². The second kappa shape index (κ2) is 6.30. The average molecular weight is 410 g/mol. The molecule has 0 spiro atoms. The van der Waals surface area contributed by atoms with Gasteiger partial charge in [-0.25, -0.2) is 0 Å². The van der Waals surface area contributed by atoms with Crippen molar-refractivity contribution in [1.29, 1.82) is 0 Å². The number of hydrogen-bond donors (Lipinski definition) is 1. The SMILES string of the molecule is OC(Cc1ccnc2ccccc12)c1ccc(I)c(Cl)c1. The van der Waals surface area contributed by atoms with Crippen molar-refractivity contribution in [2.24, 2.45) is 0 Å². The summed E-state index contributed by atoms with van der Waals surface area (Å²) in [7, 11) is 0. The summed E-state index contributed by atoms with van der Waals surface area (Å²) in [5, 5.41) is 12.2. The number of halogens is 2. The number of pyridine rings is 1. The van der Waals surface area contributed by atoms with E-state index in [4.69, 9.17) is 11.6 Å². The maximum atomic E-state index is 10.5. The van der Waals surface area contributed by atoms with Crippen LogP contribution in [0.4, 0.5) is 0 Å². The summed E-state index contributed by atoms with van der Waals surface area (Å²) in [5.41, 5.74) is 2.87. The van der Waals surface area contributed by atoms with E-state index in [1.807, 2.05) is 48.5 Å². The van der Waals surface area contributed by atoms with Crippen LogP contribution in [-0.2, 0) is 6.42 Å². The first-order valence-corrected chi connectivity index (χ1v) is 8.06. The molecule has 1 unspecified atom stereocenters. The predicted molar refractivity (Wildman–Crippen MR) is 94.6 cm³/mol. The fraction of sp³-hybridized carbons (Fsp3) is 0.118. The largest absolute Gasteiger partial charge is 0.388 e. The molecule has 0 saturated heterocycles. The molecule has 2 aromatic carbocycles. The average Bonchev–Trinajstić information content (AvgIpc) is 2.50. The lowest BCUT2D eigenvalue weighted by atomic mass is 9.99. The molecule has 0 saturated carbocycles. The standard InChI is InChI=1S/C17H13ClINO/c18-14-9-12(5-6-15(14)19)17(21)10-11-7-8-20-16-4-2-1-3-13(11)16/h1-9,17,21H,10H2. The van der Waals surface area contributed by atoms with Crippen molar-refractivity contribution in [3.63, 3.8) is 0 Å². The van der Waals surface area contributed by atoms with E-state index in [1.54, 1.807) is 6.20 Å². The summed E-state index contributed by atoms with van der Waals surface area (Å²) < 4.78 is 0.986. The van der Waals surface area contributed by atoms with Crippen molar-refractivity contribution in [2.45, 2.75) is 12.5 Å². The fourth-order valence-corrected chi connectivity index (χ4v) is 2.90. The first-order valence-electron chi connectivity index (χ1n) is 6.61. The number of fused-ring (bicyclic) bond motifs is 1. The van der Waals surface area contributed by atoms with Crippen LogP contribution in [0.2, 0.25) is 5.02 Å². The Morgan fingerprint density at radius 2 is 1.95 bits per heavy atom. The molecule has 0 amide bonds. The van der Waals surface area contributed by atoms with Crippen LogP contribution >= 0.6 is 34.2 Å². The number of aliphatic hydroxyl groups excluding tert-OH is 1. The number of rotatable bonds is 3. The van der Waals surface area contributed by atoms with Crippen molar-refractivity contribution >= 4 is 45.1 Å². The number of aromatic nitrogens is 1. The summed E-state index contributed by atoms with van der Waals surface area (Å²) in [6, 6.07) is 15.6. The van der Waals surface area contributed by atoms with Gasteiger partial charge in [-0.3, -0.25) is 4.98 Å². The van der Waals surface area contributed by atoms with E-state index in [-0.39, 0.29) is 0 Å². The smallest absolute Gasteiger partial charge is 0.0831 e. The zero-order valence-electron chi connectivity index (χ0n) is 11.1. The number of para-hydroxylation sites is 1. The topological polar surface area (TPSA) is 33.1 Å². The Morgan fingerprint density at radius 1 is 1.14 bits per heavy atom. The maximum Gasteiger partial charge on any atom is 0.0831 e. The van der Waals surface area contributed by atoms with Crippen molar-refractivity contribution < 1.29 is 5.11 Å². The zero-order valence-corrected chi connectivity index (χ0v) is 14.0. The van der Waals surface area contributed by atoms with E-state index < -0.39 is 6.10 Å².